The topological polar surface area (TPSA) is 78.5 Å². The maximum absolute atomic E-state index is 12.8. The Morgan fingerprint density at radius 2 is 1.59 bits per heavy atom. The molecular weight excluding hydrogens is 386 g/mol. The molecule has 0 heterocycles. The van der Waals surface area contributed by atoms with Crippen molar-refractivity contribution in [3.05, 3.63) is 71.3 Å². The number of carbonyl (C=O) groups excluding carboxylic acids is 1. The molecule has 2 aromatic rings. The van der Waals surface area contributed by atoms with Crippen LogP contribution in [0.5, 0.6) is 0 Å². The van der Waals surface area contributed by atoms with Gasteiger partial charge in [0.05, 0.1) is 5.75 Å². The summed E-state index contributed by atoms with van der Waals surface area (Å²) in [4.78, 5) is 14.8. The zero-order valence-electron chi connectivity index (χ0n) is 17.6. The van der Waals surface area contributed by atoms with E-state index in [4.69, 9.17) is 0 Å². The number of nitrogens with one attached hydrogen (secondary N) is 2. The van der Waals surface area contributed by atoms with Gasteiger partial charge in [0.2, 0.25) is 15.9 Å². The van der Waals surface area contributed by atoms with E-state index in [1.807, 2.05) is 61.3 Å². The van der Waals surface area contributed by atoms with Crippen molar-refractivity contribution >= 4 is 15.9 Å². The highest BCUT2D eigenvalue weighted by Gasteiger charge is 2.23. The Kier molecular flexibility index (Phi) is 8.37. The fraction of sp³-hybridized carbons (Fsp3) is 0.409. The number of sulfonamides is 1. The molecule has 2 aromatic carbocycles. The third-order valence-electron chi connectivity index (χ3n) is 4.56. The number of hydrogen-bond acceptors (Lipinski definition) is 4. The molecule has 0 saturated carbocycles. The average Bonchev–Trinajstić information content (AvgIpc) is 2.67. The van der Waals surface area contributed by atoms with Crippen molar-refractivity contribution in [2.45, 2.75) is 45.2 Å². The lowest BCUT2D eigenvalue weighted by Crippen LogP contribution is -2.38. The van der Waals surface area contributed by atoms with Crippen LogP contribution in [0.15, 0.2) is 54.6 Å². The van der Waals surface area contributed by atoms with Gasteiger partial charge in [0, 0.05) is 12.6 Å². The molecule has 0 bridgehead atoms. The van der Waals surface area contributed by atoms with Gasteiger partial charge in [-0.25, -0.2) is 13.1 Å². The van der Waals surface area contributed by atoms with Crippen LogP contribution in [-0.2, 0) is 27.1 Å². The first kappa shape index (κ1) is 23.1. The standard InChI is InChI=1S/C22H31N3O3S/c1-5-25(4)21(20-9-7-6-8-10-20)22(26)23-15-18-11-13-19(14-12-18)16-29(27,28)24-17(2)3/h6-14,17,21,24H,5,15-16H2,1-4H3,(H,23,26). The largest absolute Gasteiger partial charge is 0.350 e. The summed E-state index contributed by atoms with van der Waals surface area (Å²) in [5.74, 6) is -0.122. The Morgan fingerprint density at radius 1 is 1.00 bits per heavy atom. The van der Waals surface area contributed by atoms with Crippen molar-refractivity contribution < 1.29 is 13.2 Å². The molecule has 0 aliphatic heterocycles. The zero-order valence-corrected chi connectivity index (χ0v) is 18.4. The van der Waals surface area contributed by atoms with Crippen LogP contribution < -0.4 is 10.0 Å². The van der Waals surface area contributed by atoms with Crippen molar-refractivity contribution in [3.8, 4) is 0 Å². The average molecular weight is 418 g/mol. The molecule has 1 atom stereocenters. The Hall–Kier alpha value is -2.22. The summed E-state index contributed by atoms with van der Waals surface area (Å²) in [7, 11) is -1.42. The van der Waals surface area contributed by atoms with Crippen LogP contribution in [-0.4, -0.2) is 38.9 Å². The summed E-state index contributed by atoms with van der Waals surface area (Å²) >= 11 is 0. The van der Waals surface area contributed by atoms with E-state index < -0.39 is 10.0 Å². The smallest absolute Gasteiger partial charge is 0.242 e. The van der Waals surface area contributed by atoms with Crippen LogP contribution in [0.4, 0.5) is 0 Å². The zero-order chi connectivity index (χ0) is 21.4. The molecular formula is C22H31N3O3S. The van der Waals surface area contributed by atoms with E-state index in [0.29, 0.717) is 12.1 Å². The highest BCUT2D eigenvalue weighted by atomic mass is 32.2. The summed E-state index contributed by atoms with van der Waals surface area (Å²) in [5, 5.41) is 3.00. The molecule has 29 heavy (non-hydrogen) atoms. The maximum atomic E-state index is 12.8. The number of benzene rings is 2. The summed E-state index contributed by atoms with van der Waals surface area (Å²) in [6.07, 6.45) is 0. The first-order chi connectivity index (χ1) is 13.7. The number of nitrogens with zero attached hydrogens (tertiary/aromatic N) is 1. The van der Waals surface area contributed by atoms with Crippen LogP contribution in [0.1, 0.15) is 43.5 Å². The fourth-order valence-electron chi connectivity index (χ4n) is 3.08. The lowest BCUT2D eigenvalue weighted by atomic mass is 10.0. The number of carbonyl (C=O) groups is 1. The summed E-state index contributed by atoms with van der Waals surface area (Å²) < 4.78 is 26.7. The van der Waals surface area contributed by atoms with Crippen LogP contribution in [0.3, 0.4) is 0 Å². The van der Waals surface area contributed by atoms with Crippen molar-refractivity contribution in [2.24, 2.45) is 0 Å². The first-order valence-electron chi connectivity index (χ1n) is 9.82. The van der Waals surface area contributed by atoms with Gasteiger partial charge in [0.25, 0.3) is 0 Å². The van der Waals surface area contributed by atoms with Crippen molar-refractivity contribution in [3.63, 3.8) is 0 Å². The molecule has 158 valence electrons. The Morgan fingerprint density at radius 3 is 2.14 bits per heavy atom. The molecule has 0 aromatic heterocycles. The van der Waals surface area contributed by atoms with Gasteiger partial charge in [-0.3, -0.25) is 9.69 Å². The minimum absolute atomic E-state index is 0.0603. The Balaban J connectivity index is 2.00. The molecule has 0 saturated heterocycles. The number of hydrogen-bond donors (Lipinski definition) is 2. The molecule has 1 unspecified atom stereocenters. The predicted octanol–water partition coefficient (Wildman–Crippen LogP) is 2.82. The lowest BCUT2D eigenvalue weighted by Gasteiger charge is -2.26. The lowest BCUT2D eigenvalue weighted by molar-refractivity contribution is -0.126. The molecule has 0 aliphatic carbocycles. The molecule has 0 aliphatic rings. The molecule has 1 amide bonds. The van der Waals surface area contributed by atoms with Gasteiger partial charge in [-0.1, -0.05) is 61.5 Å². The first-order valence-corrected chi connectivity index (χ1v) is 11.5. The summed E-state index contributed by atoms with van der Waals surface area (Å²) in [6.45, 7) is 6.74. The minimum Gasteiger partial charge on any atom is -0.350 e. The van der Waals surface area contributed by atoms with Gasteiger partial charge in [-0.2, -0.15) is 0 Å². The third-order valence-corrected chi connectivity index (χ3v) is 6.11. The van der Waals surface area contributed by atoms with Gasteiger partial charge in [-0.15, -0.1) is 0 Å². The van der Waals surface area contributed by atoms with Gasteiger partial charge < -0.3 is 5.32 Å². The van der Waals surface area contributed by atoms with Crippen LogP contribution in [0.2, 0.25) is 0 Å². The highest BCUT2D eigenvalue weighted by Crippen LogP contribution is 2.19. The van der Waals surface area contributed by atoms with Crippen molar-refractivity contribution in [2.75, 3.05) is 13.6 Å². The van der Waals surface area contributed by atoms with Crippen molar-refractivity contribution in [1.82, 2.24) is 14.9 Å². The number of likely N-dealkylation sites (N-methyl/N-ethyl adjacent to an activating group) is 1. The second kappa shape index (κ2) is 10.5. The fourth-order valence-corrected chi connectivity index (χ4v) is 4.52. The van der Waals surface area contributed by atoms with Gasteiger partial charge in [0.15, 0.2) is 0 Å². The second-order valence-electron chi connectivity index (χ2n) is 7.45. The van der Waals surface area contributed by atoms with Crippen LogP contribution in [0, 0.1) is 0 Å². The van der Waals surface area contributed by atoms with Crippen molar-refractivity contribution in [1.29, 1.82) is 0 Å². The minimum atomic E-state index is -3.35. The molecule has 6 nitrogen and oxygen atoms in total. The summed E-state index contributed by atoms with van der Waals surface area (Å²) in [5.41, 5.74) is 2.58. The second-order valence-corrected chi connectivity index (χ2v) is 9.21. The van der Waals surface area contributed by atoms with E-state index in [2.05, 4.69) is 10.0 Å². The van der Waals surface area contributed by atoms with Gasteiger partial charge in [0.1, 0.15) is 6.04 Å². The van der Waals surface area contributed by atoms with E-state index >= 15 is 0 Å². The van der Waals surface area contributed by atoms with Gasteiger partial charge in [-0.05, 0) is 44.1 Å². The van der Waals surface area contributed by atoms with E-state index in [9.17, 15) is 13.2 Å². The molecule has 0 radical (unpaired) electrons. The molecule has 0 spiro atoms. The van der Waals surface area contributed by atoms with E-state index in [-0.39, 0.29) is 23.7 Å². The third kappa shape index (κ3) is 7.27. The number of amides is 1. The Bertz CT molecular complexity index is 881. The molecule has 0 fully saturated rings. The van der Waals surface area contributed by atoms with Crippen LogP contribution >= 0.6 is 0 Å². The van der Waals surface area contributed by atoms with E-state index in [0.717, 1.165) is 17.7 Å². The number of rotatable bonds is 10. The molecule has 2 rings (SSSR count). The SMILES string of the molecule is CCN(C)C(C(=O)NCc1ccc(CS(=O)(=O)NC(C)C)cc1)c1ccccc1. The predicted molar refractivity (Wildman–Crippen MR) is 117 cm³/mol. The summed E-state index contributed by atoms with van der Waals surface area (Å²) in [6, 6.07) is 16.5. The van der Waals surface area contributed by atoms with E-state index in [1.165, 1.54) is 0 Å². The molecule has 7 heteroatoms. The quantitative estimate of drug-likeness (QED) is 0.623. The monoisotopic (exact) mass is 417 g/mol. The Labute approximate surface area is 174 Å². The van der Waals surface area contributed by atoms with E-state index in [1.54, 1.807) is 26.0 Å². The van der Waals surface area contributed by atoms with Crippen LogP contribution in [0.25, 0.3) is 0 Å². The van der Waals surface area contributed by atoms with Gasteiger partial charge >= 0.3 is 0 Å². The normalized spacial score (nSPS) is 12.9. The maximum Gasteiger partial charge on any atom is 0.242 e. The highest BCUT2D eigenvalue weighted by molar-refractivity contribution is 7.88. The molecule has 2 N–H and O–H groups in total.